The summed E-state index contributed by atoms with van der Waals surface area (Å²) >= 11 is 3.35. The van der Waals surface area contributed by atoms with Crippen LogP contribution in [0, 0.1) is 6.92 Å². The van der Waals surface area contributed by atoms with Crippen molar-refractivity contribution in [1.29, 1.82) is 0 Å². The fourth-order valence-corrected chi connectivity index (χ4v) is 3.74. The number of anilines is 1. The van der Waals surface area contributed by atoms with Gasteiger partial charge in [0.2, 0.25) is 5.91 Å². The van der Waals surface area contributed by atoms with Crippen molar-refractivity contribution >= 4 is 39.3 Å². The molecule has 152 valence electrons. The van der Waals surface area contributed by atoms with E-state index in [-0.39, 0.29) is 24.8 Å². The van der Waals surface area contributed by atoms with Crippen molar-refractivity contribution in [1.82, 2.24) is 4.90 Å². The zero-order valence-electron chi connectivity index (χ0n) is 16.2. The maximum absolute atomic E-state index is 13.3. The third kappa shape index (κ3) is 3.93. The van der Waals surface area contributed by atoms with Crippen LogP contribution in [-0.4, -0.2) is 28.7 Å². The number of furan rings is 1. The van der Waals surface area contributed by atoms with Crippen LogP contribution in [0.4, 0.5) is 5.69 Å². The summed E-state index contributed by atoms with van der Waals surface area (Å²) in [5.74, 6) is -0.546. The number of hydrogen-bond donors (Lipinski definition) is 0. The molecule has 6 nitrogen and oxygen atoms in total. The number of aryl methyl sites for hydroxylation is 1. The third-order valence-electron chi connectivity index (χ3n) is 5.05. The normalized spacial score (nSPS) is 16.2. The highest BCUT2D eigenvalue weighted by Gasteiger charge is 2.44. The Morgan fingerprint density at radius 2 is 1.80 bits per heavy atom. The van der Waals surface area contributed by atoms with Crippen LogP contribution in [0.3, 0.4) is 0 Å². The molecule has 1 saturated heterocycles. The maximum Gasteiger partial charge on any atom is 0.257 e. The Balaban J connectivity index is 1.67. The molecule has 3 aromatic rings. The first kappa shape index (κ1) is 20.1. The average Bonchev–Trinajstić information content (AvgIpc) is 3.35. The standard InChI is InChI=1S/C23H19BrN2O4/c1-15-4-6-16(7-5-15)22(28)25(14-19-3-2-12-30-19)20-13-21(27)26(23(20)29)18-10-8-17(24)9-11-18/h2-12,20H,13-14H2,1H3. The highest BCUT2D eigenvalue weighted by molar-refractivity contribution is 9.10. The van der Waals surface area contributed by atoms with Crippen molar-refractivity contribution in [2.45, 2.75) is 25.9 Å². The average molecular weight is 467 g/mol. The number of carbonyl (C=O) groups is 3. The number of amides is 3. The highest BCUT2D eigenvalue weighted by atomic mass is 79.9. The van der Waals surface area contributed by atoms with Gasteiger partial charge in [0.05, 0.1) is 24.9 Å². The molecule has 0 saturated carbocycles. The molecule has 1 aliphatic rings. The lowest BCUT2D eigenvalue weighted by atomic mass is 10.1. The van der Waals surface area contributed by atoms with Gasteiger partial charge in [-0.05, 0) is 55.5 Å². The lowest BCUT2D eigenvalue weighted by Crippen LogP contribution is -2.45. The van der Waals surface area contributed by atoms with E-state index in [9.17, 15) is 14.4 Å². The third-order valence-corrected chi connectivity index (χ3v) is 5.58. The SMILES string of the molecule is Cc1ccc(C(=O)N(Cc2ccco2)C2CC(=O)N(c3ccc(Br)cc3)C2=O)cc1. The van der Waals surface area contributed by atoms with Crippen molar-refractivity contribution in [3.8, 4) is 0 Å². The number of halogens is 1. The van der Waals surface area contributed by atoms with Gasteiger partial charge in [-0.3, -0.25) is 14.4 Å². The lowest BCUT2D eigenvalue weighted by molar-refractivity contribution is -0.122. The summed E-state index contributed by atoms with van der Waals surface area (Å²) < 4.78 is 6.25. The first-order valence-electron chi connectivity index (χ1n) is 9.46. The Bertz CT molecular complexity index is 1080. The molecule has 0 N–H and O–H groups in total. The van der Waals surface area contributed by atoms with Gasteiger partial charge < -0.3 is 9.32 Å². The molecule has 1 atom stereocenters. The molecule has 0 bridgehead atoms. The van der Waals surface area contributed by atoms with Gasteiger partial charge >= 0.3 is 0 Å². The summed E-state index contributed by atoms with van der Waals surface area (Å²) in [5, 5.41) is 0. The van der Waals surface area contributed by atoms with Gasteiger partial charge in [-0.1, -0.05) is 33.6 Å². The van der Waals surface area contributed by atoms with Crippen molar-refractivity contribution in [2.75, 3.05) is 4.90 Å². The van der Waals surface area contributed by atoms with Crippen LogP contribution in [0.15, 0.2) is 75.8 Å². The van der Waals surface area contributed by atoms with Crippen LogP contribution in [0.2, 0.25) is 0 Å². The summed E-state index contributed by atoms with van der Waals surface area (Å²) in [5.41, 5.74) is 1.96. The van der Waals surface area contributed by atoms with Crippen LogP contribution >= 0.6 is 15.9 Å². The van der Waals surface area contributed by atoms with Crippen molar-refractivity contribution in [3.63, 3.8) is 0 Å². The van der Waals surface area contributed by atoms with Crippen molar-refractivity contribution in [3.05, 3.63) is 88.3 Å². The molecule has 4 rings (SSSR count). The minimum Gasteiger partial charge on any atom is -0.467 e. The van der Waals surface area contributed by atoms with E-state index in [1.807, 2.05) is 19.1 Å². The minimum atomic E-state index is -0.903. The molecule has 1 aliphatic heterocycles. The van der Waals surface area contributed by atoms with E-state index in [4.69, 9.17) is 4.42 Å². The van der Waals surface area contributed by atoms with E-state index in [0.29, 0.717) is 17.0 Å². The van der Waals surface area contributed by atoms with Gasteiger partial charge in [0, 0.05) is 10.0 Å². The van der Waals surface area contributed by atoms with Crippen LogP contribution in [0.5, 0.6) is 0 Å². The van der Waals surface area contributed by atoms with Crippen molar-refractivity contribution < 1.29 is 18.8 Å². The number of imide groups is 1. The number of carbonyl (C=O) groups excluding carboxylic acids is 3. The predicted molar refractivity (Wildman–Crippen MR) is 115 cm³/mol. The second kappa shape index (κ2) is 8.28. The van der Waals surface area contributed by atoms with E-state index in [2.05, 4.69) is 15.9 Å². The molecule has 2 aromatic carbocycles. The number of benzene rings is 2. The molecule has 1 aromatic heterocycles. The molecule has 1 fully saturated rings. The zero-order valence-corrected chi connectivity index (χ0v) is 17.8. The van der Waals surface area contributed by atoms with Gasteiger partial charge in [0.25, 0.3) is 11.8 Å². The van der Waals surface area contributed by atoms with E-state index in [1.54, 1.807) is 48.5 Å². The molecular formula is C23H19BrN2O4. The molecule has 3 amide bonds. The van der Waals surface area contributed by atoms with Gasteiger partial charge in [0.1, 0.15) is 11.8 Å². The van der Waals surface area contributed by atoms with Crippen LogP contribution < -0.4 is 4.90 Å². The largest absolute Gasteiger partial charge is 0.467 e. The summed E-state index contributed by atoms with van der Waals surface area (Å²) in [6.07, 6.45) is 1.44. The first-order chi connectivity index (χ1) is 14.4. The predicted octanol–water partition coefficient (Wildman–Crippen LogP) is 4.33. The van der Waals surface area contributed by atoms with Crippen LogP contribution in [0.1, 0.15) is 28.1 Å². The van der Waals surface area contributed by atoms with Crippen LogP contribution in [0.25, 0.3) is 0 Å². The van der Waals surface area contributed by atoms with E-state index < -0.39 is 11.9 Å². The lowest BCUT2D eigenvalue weighted by Gasteiger charge is -2.27. The second-order valence-corrected chi connectivity index (χ2v) is 8.06. The Morgan fingerprint density at radius 3 is 2.43 bits per heavy atom. The summed E-state index contributed by atoms with van der Waals surface area (Å²) in [7, 11) is 0. The molecule has 0 radical (unpaired) electrons. The number of rotatable bonds is 5. The van der Waals surface area contributed by atoms with Gasteiger partial charge in [-0.25, -0.2) is 4.90 Å². The first-order valence-corrected chi connectivity index (χ1v) is 10.3. The van der Waals surface area contributed by atoms with Gasteiger partial charge in [-0.15, -0.1) is 0 Å². The monoisotopic (exact) mass is 466 g/mol. The smallest absolute Gasteiger partial charge is 0.257 e. The second-order valence-electron chi connectivity index (χ2n) is 7.14. The molecule has 2 heterocycles. The van der Waals surface area contributed by atoms with E-state index in [1.165, 1.54) is 11.2 Å². The number of hydrogen-bond acceptors (Lipinski definition) is 4. The van der Waals surface area contributed by atoms with E-state index >= 15 is 0 Å². The summed E-state index contributed by atoms with van der Waals surface area (Å²) in [6, 6.07) is 16.6. The molecule has 7 heteroatoms. The fraction of sp³-hybridized carbons (Fsp3) is 0.174. The maximum atomic E-state index is 13.3. The van der Waals surface area contributed by atoms with E-state index in [0.717, 1.165) is 14.9 Å². The van der Waals surface area contributed by atoms with Gasteiger partial charge in [0.15, 0.2) is 0 Å². The Labute approximate surface area is 182 Å². The number of nitrogens with zero attached hydrogens (tertiary/aromatic N) is 2. The highest BCUT2D eigenvalue weighted by Crippen LogP contribution is 2.29. The zero-order chi connectivity index (χ0) is 21.3. The molecule has 0 spiro atoms. The van der Waals surface area contributed by atoms with Gasteiger partial charge in [-0.2, -0.15) is 0 Å². The fourth-order valence-electron chi connectivity index (χ4n) is 3.48. The molecule has 0 aliphatic carbocycles. The quantitative estimate of drug-likeness (QED) is 0.524. The Hall–Kier alpha value is -3.19. The molecule has 30 heavy (non-hydrogen) atoms. The topological polar surface area (TPSA) is 70.8 Å². The van der Waals surface area contributed by atoms with Crippen LogP contribution in [-0.2, 0) is 16.1 Å². The summed E-state index contributed by atoms with van der Waals surface area (Å²) in [4.78, 5) is 41.8. The van der Waals surface area contributed by atoms with Crippen molar-refractivity contribution in [2.24, 2.45) is 0 Å². The molecular weight excluding hydrogens is 448 g/mol. The summed E-state index contributed by atoms with van der Waals surface area (Å²) in [6.45, 7) is 2.03. The Kier molecular flexibility index (Phi) is 5.55. The Morgan fingerprint density at radius 1 is 1.10 bits per heavy atom. The minimum absolute atomic E-state index is 0.0762. The molecule has 1 unspecified atom stereocenters.